The molecule has 3 nitrogen and oxygen atoms in total. The lowest BCUT2D eigenvalue weighted by Gasteiger charge is -2.28. The van der Waals surface area contributed by atoms with Crippen LogP contribution in [-0.2, 0) is 0 Å². The van der Waals surface area contributed by atoms with Gasteiger partial charge in [-0.1, -0.05) is 0 Å². The van der Waals surface area contributed by atoms with Crippen LogP contribution >= 0.6 is 0 Å². The third kappa shape index (κ3) is 5.15. The second kappa shape index (κ2) is 6.81. The average molecular weight is 209 g/mol. The SMILES string of the molecule is CC(C#N)CNCCC1CCN(C)CC1. The second-order valence-electron chi connectivity index (χ2n) is 4.77. The maximum Gasteiger partial charge on any atom is 0.0666 e. The summed E-state index contributed by atoms with van der Waals surface area (Å²) in [6, 6.07) is 2.24. The van der Waals surface area contributed by atoms with Crippen molar-refractivity contribution in [3.05, 3.63) is 0 Å². The van der Waals surface area contributed by atoms with Gasteiger partial charge < -0.3 is 10.2 Å². The Hall–Kier alpha value is -0.590. The maximum absolute atomic E-state index is 8.62. The van der Waals surface area contributed by atoms with E-state index in [-0.39, 0.29) is 5.92 Å². The normalized spacial score (nSPS) is 21.1. The molecule has 1 N–H and O–H groups in total. The minimum absolute atomic E-state index is 0.141. The van der Waals surface area contributed by atoms with Crippen LogP contribution in [0.3, 0.4) is 0 Å². The summed E-state index contributed by atoms with van der Waals surface area (Å²) in [6.07, 6.45) is 3.95. The minimum Gasteiger partial charge on any atom is -0.315 e. The molecule has 1 fully saturated rings. The van der Waals surface area contributed by atoms with Gasteiger partial charge in [0.2, 0.25) is 0 Å². The fourth-order valence-electron chi connectivity index (χ4n) is 2.02. The summed E-state index contributed by atoms with van der Waals surface area (Å²) >= 11 is 0. The van der Waals surface area contributed by atoms with Crippen LogP contribution in [0.15, 0.2) is 0 Å². The van der Waals surface area contributed by atoms with Gasteiger partial charge in [0.1, 0.15) is 0 Å². The molecule has 0 aromatic carbocycles. The first-order valence-corrected chi connectivity index (χ1v) is 6.01. The number of hydrogen-bond acceptors (Lipinski definition) is 3. The predicted octanol–water partition coefficient (Wildman–Crippen LogP) is 1.47. The Balaban J connectivity index is 1.99. The lowest BCUT2D eigenvalue weighted by molar-refractivity contribution is 0.211. The van der Waals surface area contributed by atoms with Crippen molar-refractivity contribution in [2.24, 2.45) is 11.8 Å². The summed E-state index contributed by atoms with van der Waals surface area (Å²) in [7, 11) is 2.20. The van der Waals surface area contributed by atoms with Gasteiger partial charge >= 0.3 is 0 Å². The van der Waals surface area contributed by atoms with Crippen molar-refractivity contribution in [1.29, 1.82) is 5.26 Å². The van der Waals surface area contributed by atoms with E-state index in [2.05, 4.69) is 23.3 Å². The molecule has 1 unspecified atom stereocenters. The summed E-state index contributed by atoms with van der Waals surface area (Å²) < 4.78 is 0. The van der Waals surface area contributed by atoms with Crippen molar-refractivity contribution in [2.75, 3.05) is 33.2 Å². The molecule has 1 atom stereocenters. The quantitative estimate of drug-likeness (QED) is 0.697. The van der Waals surface area contributed by atoms with Gasteiger partial charge in [0.05, 0.1) is 12.0 Å². The fourth-order valence-corrected chi connectivity index (χ4v) is 2.02. The van der Waals surface area contributed by atoms with Crippen molar-refractivity contribution >= 4 is 0 Å². The number of nitriles is 1. The van der Waals surface area contributed by atoms with E-state index >= 15 is 0 Å². The smallest absolute Gasteiger partial charge is 0.0666 e. The van der Waals surface area contributed by atoms with Crippen LogP contribution in [-0.4, -0.2) is 38.1 Å². The van der Waals surface area contributed by atoms with Gasteiger partial charge in [-0.25, -0.2) is 0 Å². The second-order valence-corrected chi connectivity index (χ2v) is 4.77. The molecule has 0 bridgehead atoms. The van der Waals surface area contributed by atoms with Crippen molar-refractivity contribution in [2.45, 2.75) is 26.2 Å². The lowest BCUT2D eigenvalue weighted by Crippen LogP contribution is -2.32. The molecule has 0 saturated carbocycles. The summed E-state index contributed by atoms with van der Waals surface area (Å²) in [4.78, 5) is 2.40. The zero-order valence-electron chi connectivity index (χ0n) is 10.00. The van der Waals surface area contributed by atoms with Crippen LogP contribution in [0, 0.1) is 23.2 Å². The summed E-state index contributed by atoms with van der Waals surface area (Å²) in [5.74, 6) is 1.04. The van der Waals surface area contributed by atoms with Gasteiger partial charge in [-0.05, 0) is 58.8 Å². The van der Waals surface area contributed by atoms with Gasteiger partial charge in [0, 0.05) is 6.54 Å². The molecule has 3 heteroatoms. The molecule has 86 valence electrons. The van der Waals surface area contributed by atoms with E-state index in [1.807, 2.05) is 6.92 Å². The summed E-state index contributed by atoms with van der Waals surface area (Å²) in [5.41, 5.74) is 0. The number of nitrogens with zero attached hydrogens (tertiary/aromatic N) is 2. The Morgan fingerprint density at radius 3 is 2.73 bits per heavy atom. The minimum atomic E-state index is 0.141. The third-order valence-electron chi connectivity index (χ3n) is 3.24. The summed E-state index contributed by atoms with van der Waals surface area (Å²) in [6.45, 7) is 6.37. The highest BCUT2D eigenvalue weighted by Gasteiger charge is 2.15. The molecule has 1 aliphatic rings. The van der Waals surface area contributed by atoms with Crippen molar-refractivity contribution < 1.29 is 0 Å². The van der Waals surface area contributed by atoms with E-state index < -0.39 is 0 Å². The van der Waals surface area contributed by atoms with Crippen molar-refractivity contribution in [3.63, 3.8) is 0 Å². The zero-order chi connectivity index (χ0) is 11.1. The van der Waals surface area contributed by atoms with E-state index in [0.29, 0.717) is 0 Å². The number of rotatable bonds is 5. The standard InChI is InChI=1S/C12H23N3/c1-11(9-13)10-14-6-3-12-4-7-15(2)8-5-12/h11-12,14H,3-8,10H2,1-2H3. The van der Waals surface area contributed by atoms with E-state index in [4.69, 9.17) is 5.26 Å². The Bertz CT molecular complexity index is 201. The Morgan fingerprint density at radius 2 is 2.13 bits per heavy atom. The van der Waals surface area contributed by atoms with Gasteiger partial charge in [-0.15, -0.1) is 0 Å². The van der Waals surface area contributed by atoms with Crippen LogP contribution < -0.4 is 5.32 Å². The van der Waals surface area contributed by atoms with Gasteiger partial charge in [-0.3, -0.25) is 0 Å². The summed E-state index contributed by atoms with van der Waals surface area (Å²) in [5, 5.41) is 12.0. The van der Waals surface area contributed by atoms with E-state index in [1.54, 1.807) is 0 Å². The molecular formula is C12H23N3. The highest BCUT2D eigenvalue weighted by molar-refractivity contribution is 4.80. The molecule has 0 aromatic heterocycles. The van der Waals surface area contributed by atoms with Crippen LogP contribution in [0.2, 0.25) is 0 Å². The molecular weight excluding hydrogens is 186 g/mol. The number of piperidine rings is 1. The zero-order valence-corrected chi connectivity index (χ0v) is 10.00. The van der Waals surface area contributed by atoms with Gasteiger partial charge in [0.15, 0.2) is 0 Å². The van der Waals surface area contributed by atoms with E-state index in [9.17, 15) is 0 Å². The molecule has 1 saturated heterocycles. The van der Waals surface area contributed by atoms with Gasteiger partial charge in [0.25, 0.3) is 0 Å². The molecule has 1 heterocycles. The average Bonchev–Trinajstić information content (AvgIpc) is 2.26. The molecule has 1 aliphatic heterocycles. The van der Waals surface area contributed by atoms with Crippen molar-refractivity contribution in [3.8, 4) is 6.07 Å². The highest BCUT2D eigenvalue weighted by atomic mass is 15.1. The third-order valence-corrected chi connectivity index (χ3v) is 3.24. The van der Waals surface area contributed by atoms with E-state index in [1.165, 1.54) is 32.4 Å². The monoisotopic (exact) mass is 209 g/mol. The predicted molar refractivity (Wildman–Crippen MR) is 62.5 cm³/mol. The number of nitrogens with one attached hydrogen (secondary N) is 1. The highest BCUT2D eigenvalue weighted by Crippen LogP contribution is 2.18. The molecule has 0 amide bonds. The molecule has 0 aromatic rings. The Morgan fingerprint density at radius 1 is 1.47 bits per heavy atom. The number of hydrogen-bond donors (Lipinski definition) is 1. The molecule has 15 heavy (non-hydrogen) atoms. The molecule has 0 spiro atoms. The van der Waals surface area contributed by atoms with Crippen LogP contribution in [0.4, 0.5) is 0 Å². The maximum atomic E-state index is 8.62. The topological polar surface area (TPSA) is 39.1 Å². The fraction of sp³-hybridized carbons (Fsp3) is 0.917. The largest absolute Gasteiger partial charge is 0.315 e. The number of likely N-dealkylation sites (tertiary alicyclic amines) is 1. The van der Waals surface area contributed by atoms with E-state index in [0.717, 1.165) is 19.0 Å². The lowest BCUT2D eigenvalue weighted by atomic mass is 9.94. The Kier molecular flexibility index (Phi) is 5.67. The van der Waals surface area contributed by atoms with Crippen LogP contribution in [0.1, 0.15) is 26.2 Å². The molecule has 0 radical (unpaired) electrons. The first-order valence-electron chi connectivity index (χ1n) is 6.01. The molecule has 0 aliphatic carbocycles. The van der Waals surface area contributed by atoms with Crippen molar-refractivity contribution in [1.82, 2.24) is 10.2 Å². The Labute approximate surface area is 93.5 Å². The van der Waals surface area contributed by atoms with Crippen LogP contribution in [0.5, 0.6) is 0 Å². The molecule has 1 rings (SSSR count). The van der Waals surface area contributed by atoms with Gasteiger partial charge in [-0.2, -0.15) is 5.26 Å². The first kappa shape index (κ1) is 12.5. The van der Waals surface area contributed by atoms with Crippen LogP contribution in [0.25, 0.3) is 0 Å². The first-order chi connectivity index (χ1) is 7.22.